The summed E-state index contributed by atoms with van der Waals surface area (Å²) >= 11 is 0. The molecule has 0 spiro atoms. The molecule has 416 valence electrons. The first kappa shape index (κ1) is 62.2. The van der Waals surface area contributed by atoms with E-state index in [-0.39, 0.29) is 38.1 Å². The number of likely N-dealkylation sites (N-methyl/N-ethyl adjacent to an activating group) is 1. The van der Waals surface area contributed by atoms with Gasteiger partial charge >= 0.3 is 11.9 Å². The number of allylic oxidation sites excluding steroid dienone is 12. The average molecular weight is 1050 g/mol. The van der Waals surface area contributed by atoms with Gasteiger partial charge < -0.3 is 75.1 Å². The molecular weight excluding hydrogens is 969 g/mol. The van der Waals surface area contributed by atoms with Crippen LogP contribution in [0.5, 0.6) is 0 Å². The molecule has 74 heavy (non-hydrogen) atoms. The molecule has 1 unspecified atom stereocenters. The number of amides is 2. The summed E-state index contributed by atoms with van der Waals surface area (Å²) in [5.41, 5.74) is 0. The SMILES string of the molecule is CCN1C(=O)CC(N[C@@H]2[C@H](O)[C@H](O[C@H]3C=CC=CC=CC=CC=CC=CC=C[C@H](C)[C@@H](O)[C@@H](C)[C@H](C)OC(=O)C[C@H](O)C[C@H](O)CC[C@@H](O)[C@H](O)C[C@H](O)C[C@]4(O)C[C@H](O)[C@@H](C(=O)O)[C@H](C3)O4)O[C@H](C)[C@H]2O)C1=O. The van der Waals surface area contributed by atoms with Gasteiger partial charge in [-0.3, -0.25) is 29.4 Å². The van der Waals surface area contributed by atoms with Crippen LogP contribution in [0.25, 0.3) is 0 Å². The van der Waals surface area contributed by atoms with Crippen molar-refractivity contribution < 1.29 is 94.3 Å². The monoisotopic (exact) mass is 1050 g/mol. The predicted molar refractivity (Wildman–Crippen MR) is 267 cm³/mol. The summed E-state index contributed by atoms with van der Waals surface area (Å²) < 4.78 is 23.6. The van der Waals surface area contributed by atoms with Gasteiger partial charge in [0.25, 0.3) is 0 Å². The van der Waals surface area contributed by atoms with Gasteiger partial charge in [-0.15, -0.1) is 0 Å². The number of carbonyl (C=O) groups is 4. The average Bonchev–Trinajstić information content (AvgIpc) is 3.59. The summed E-state index contributed by atoms with van der Waals surface area (Å²) in [6, 6.07) is -2.31. The molecule has 0 aromatic carbocycles. The van der Waals surface area contributed by atoms with Gasteiger partial charge in [-0.1, -0.05) is 98.9 Å². The van der Waals surface area contributed by atoms with E-state index in [9.17, 15) is 75.3 Å². The van der Waals surface area contributed by atoms with Gasteiger partial charge in [-0.2, -0.15) is 0 Å². The summed E-state index contributed by atoms with van der Waals surface area (Å²) in [4.78, 5) is 51.9. The molecule has 2 amide bonds. The highest BCUT2D eigenvalue weighted by atomic mass is 16.7. The van der Waals surface area contributed by atoms with E-state index in [1.54, 1.807) is 93.7 Å². The number of carboxylic acids is 1. The molecule has 2 bridgehead atoms. The third-order valence-electron chi connectivity index (χ3n) is 13.9. The molecular formula is C53H80N2O19. The van der Waals surface area contributed by atoms with Gasteiger partial charge in [0.05, 0.1) is 92.1 Å². The van der Waals surface area contributed by atoms with Crippen LogP contribution in [0.3, 0.4) is 0 Å². The number of aliphatic carboxylic acids is 1. The van der Waals surface area contributed by atoms with Gasteiger partial charge in [-0.05, 0) is 40.0 Å². The summed E-state index contributed by atoms with van der Waals surface area (Å²) in [5.74, 6) is -8.02. The van der Waals surface area contributed by atoms with Crippen molar-refractivity contribution in [3.8, 4) is 0 Å². The third-order valence-corrected chi connectivity index (χ3v) is 13.9. The Morgan fingerprint density at radius 1 is 0.689 bits per heavy atom. The summed E-state index contributed by atoms with van der Waals surface area (Å²) in [7, 11) is 0. The van der Waals surface area contributed by atoms with E-state index in [0.29, 0.717) is 0 Å². The molecule has 0 saturated carbocycles. The lowest BCUT2D eigenvalue weighted by Gasteiger charge is -2.45. The van der Waals surface area contributed by atoms with Crippen LogP contribution in [0, 0.1) is 17.8 Å². The molecule has 21 heteroatoms. The number of hydrogen-bond donors (Lipinski definition) is 12. The third kappa shape index (κ3) is 18.8. The first-order valence-corrected chi connectivity index (χ1v) is 25.5. The standard InChI is InChI=1S/C53H80N2O19/c1-6-55-43(62)27-38(50(55)67)54-46-48(65)33(5)72-52(49(46)66)73-37-20-18-16-14-12-10-8-7-9-11-13-15-17-19-30(2)47(64)31(3)32(4)71-44(63)25-35(57)23-34(56)21-22-39(59)40(60)24-36(58)28-53(70)29-41(61)45(51(68)69)42(26-37)74-53/h7-20,30-42,45-49,52,54,56-61,64-66,70H,6,21-29H2,1-5H3,(H,68,69)/t30-,31-,32-,33+,34+,35+,36-,37-,38?,39+,40+,41-,42-,45+,46-,47+,48+,49-,52-,53+/m0/s1. The van der Waals surface area contributed by atoms with Gasteiger partial charge in [-0.25, -0.2) is 0 Å². The van der Waals surface area contributed by atoms with Crippen molar-refractivity contribution in [1.29, 1.82) is 0 Å². The first-order valence-electron chi connectivity index (χ1n) is 25.5. The zero-order valence-electron chi connectivity index (χ0n) is 42.8. The van der Waals surface area contributed by atoms with E-state index in [2.05, 4.69) is 5.32 Å². The van der Waals surface area contributed by atoms with Crippen LogP contribution in [-0.2, 0) is 38.1 Å². The minimum atomic E-state index is -2.39. The number of imide groups is 1. The van der Waals surface area contributed by atoms with Gasteiger partial charge in [0.15, 0.2) is 12.1 Å². The normalized spacial score (nSPS) is 40.6. The second-order valence-corrected chi connectivity index (χ2v) is 19.9. The van der Waals surface area contributed by atoms with Crippen molar-refractivity contribution in [1.82, 2.24) is 10.2 Å². The maximum Gasteiger partial charge on any atom is 0.311 e. The Morgan fingerprint density at radius 3 is 1.86 bits per heavy atom. The first-order chi connectivity index (χ1) is 34.9. The van der Waals surface area contributed by atoms with Gasteiger partial charge in [0.1, 0.15) is 18.1 Å². The highest BCUT2D eigenvalue weighted by Crippen LogP contribution is 2.38. The maximum absolute atomic E-state index is 13.0. The van der Waals surface area contributed by atoms with Crippen LogP contribution in [-0.4, -0.2) is 195 Å². The van der Waals surface area contributed by atoms with Crippen molar-refractivity contribution in [2.75, 3.05) is 6.54 Å². The van der Waals surface area contributed by atoms with E-state index in [0.717, 1.165) is 4.90 Å². The molecule has 21 nitrogen and oxygen atoms in total. The van der Waals surface area contributed by atoms with E-state index in [1.807, 2.05) is 13.0 Å². The quantitative estimate of drug-likeness (QED) is 0.127. The second kappa shape index (κ2) is 29.9. The molecule has 0 aromatic heterocycles. The van der Waals surface area contributed by atoms with Crippen LogP contribution in [0.2, 0.25) is 0 Å². The molecule has 4 rings (SSSR count). The Labute approximate surface area is 432 Å². The van der Waals surface area contributed by atoms with Gasteiger partial charge in [0, 0.05) is 44.1 Å². The van der Waals surface area contributed by atoms with E-state index in [4.69, 9.17) is 18.9 Å². The summed E-state index contributed by atoms with van der Waals surface area (Å²) in [6.45, 7) is 8.45. The zero-order valence-corrected chi connectivity index (χ0v) is 42.8. The lowest BCUT2D eigenvalue weighted by atomic mass is 9.82. The minimum Gasteiger partial charge on any atom is -0.481 e. The Morgan fingerprint density at radius 2 is 1.28 bits per heavy atom. The lowest BCUT2D eigenvalue weighted by molar-refractivity contribution is -0.309. The Bertz CT molecular complexity index is 2030. The number of likely N-dealkylation sites (tertiary alicyclic amines) is 1. The number of aliphatic hydroxyl groups excluding tert-OH is 9. The predicted octanol–water partition coefficient (Wildman–Crippen LogP) is 0.490. The van der Waals surface area contributed by atoms with Crippen molar-refractivity contribution in [3.63, 3.8) is 0 Å². The van der Waals surface area contributed by atoms with E-state index in [1.165, 1.54) is 13.0 Å². The van der Waals surface area contributed by atoms with E-state index >= 15 is 0 Å². The molecule has 0 aliphatic carbocycles. The van der Waals surface area contributed by atoms with Crippen LogP contribution in [0.4, 0.5) is 0 Å². The van der Waals surface area contributed by atoms with E-state index < -0.39 is 171 Å². The fourth-order valence-electron chi connectivity index (χ4n) is 9.51. The van der Waals surface area contributed by atoms with Crippen LogP contribution < -0.4 is 5.32 Å². The molecule has 3 fully saturated rings. The van der Waals surface area contributed by atoms with Crippen molar-refractivity contribution in [3.05, 3.63) is 85.1 Å². The molecule has 4 aliphatic rings. The number of fused-ring (bicyclic) bond motifs is 2. The highest BCUT2D eigenvalue weighted by Gasteiger charge is 2.52. The van der Waals surface area contributed by atoms with Crippen molar-refractivity contribution >= 4 is 23.8 Å². The fourth-order valence-corrected chi connectivity index (χ4v) is 9.51. The number of nitrogens with one attached hydrogen (secondary N) is 1. The number of hydrogen-bond acceptors (Lipinski definition) is 19. The number of carboxylic acid groups (broad SMARTS) is 1. The number of ether oxygens (including phenoxy) is 4. The maximum atomic E-state index is 13.0. The fraction of sp³-hybridized carbons (Fsp3) is 0.660. The number of rotatable bonds is 6. The molecule has 20 atom stereocenters. The van der Waals surface area contributed by atoms with Crippen LogP contribution in [0.1, 0.15) is 92.4 Å². The topological polar surface area (TPSA) is 343 Å². The molecule has 0 aromatic rings. The van der Waals surface area contributed by atoms with Crippen LogP contribution in [0.15, 0.2) is 85.1 Å². The van der Waals surface area contributed by atoms with Crippen LogP contribution >= 0.6 is 0 Å². The highest BCUT2D eigenvalue weighted by molar-refractivity contribution is 6.05. The molecule has 0 radical (unpaired) electrons. The molecule has 12 N–H and O–H groups in total. The summed E-state index contributed by atoms with van der Waals surface area (Å²) in [5, 5.41) is 124. The second-order valence-electron chi connectivity index (χ2n) is 19.9. The van der Waals surface area contributed by atoms with Crippen molar-refractivity contribution in [2.45, 2.75) is 196 Å². The number of cyclic esters (lactones) is 1. The molecule has 4 aliphatic heterocycles. The smallest absolute Gasteiger partial charge is 0.311 e. The zero-order chi connectivity index (χ0) is 54.9. The largest absolute Gasteiger partial charge is 0.481 e. The number of nitrogens with zero attached hydrogens (tertiary/aromatic N) is 1. The Kier molecular flexibility index (Phi) is 25.1. The lowest BCUT2D eigenvalue weighted by Crippen LogP contribution is -2.65. The number of aliphatic hydroxyl groups is 10. The number of carbonyl (C=O) groups excluding carboxylic acids is 3. The number of esters is 1. The Hall–Kier alpha value is -4.30. The molecule has 3 saturated heterocycles. The van der Waals surface area contributed by atoms with Gasteiger partial charge in [0.2, 0.25) is 11.8 Å². The summed E-state index contributed by atoms with van der Waals surface area (Å²) in [6.07, 6.45) is 1.59. The minimum absolute atomic E-state index is 0.128. The Balaban J connectivity index is 1.59. The van der Waals surface area contributed by atoms with Crippen molar-refractivity contribution in [2.24, 2.45) is 17.8 Å². The molecule has 4 heterocycles.